The molecule has 1 aliphatic heterocycles. The molecule has 5 nitrogen and oxygen atoms in total. The molecule has 27 heavy (non-hydrogen) atoms. The molecule has 1 aromatic heterocycles. The second-order valence-corrected chi connectivity index (χ2v) is 7.18. The fourth-order valence-electron chi connectivity index (χ4n) is 3.55. The van der Waals surface area contributed by atoms with Crippen molar-refractivity contribution in [2.24, 2.45) is 11.7 Å². The molecule has 1 aliphatic rings. The van der Waals surface area contributed by atoms with E-state index in [0.29, 0.717) is 18.0 Å². The van der Waals surface area contributed by atoms with Crippen LogP contribution in [0, 0.1) is 12.8 Å². The molecule has 0 bridgehead atoms. The number of aromatic nitrogens is 2. The van der Waals surface area contributed by atoms with E-state index in [2.05, 4.69) is 6.92 Å². The molecule has 138 valence electrons. The molecule has 0 aliphatic carbocycles. The highest BCUT2D eigenvalue weighted by molar-refractivity contribution is 6.00. The van der Waals surface area contributed by atoms with Gasteiger partial charge in [-0.05, 0) is 37.9 Å². The number of nitrogens with zero attached hydrogens (tertiary/aromatic N) is 3. The van der Waals surface area contributed by atoms with Gasteiger partial charge in [-0.1, -0.05) is 48.0 Å². The third kappa shape index (κ3) is 3.51. The first-order valence-corrected chi connectivity index (χ1v) is 9.37. The Labute approximate surface area is 159 Å². The summed E-state index contributed by atoms with van der Waals surface area (Å²) in [7, 11) is 0. The second-order valence-electron chi connectivity index (χ2n) is 7.18. The molecule has 2 heterocycles. The molecule has 1 amide bonds. The quantitative estimate of drug-likeness (QED) is 0.777. The van der Waals surface area contributed by atoms with E-state index < -0.39 is 0 Å². The van der Waals surface area contributed by atoms with Gasteiger partial charge in [-0.3, -0.25) is 4.79 Å². The van der Waals surface area contributed by atoms with E-state index in [4.69, 9.17) is 10.8 Å². The van der Waals surface area contributed by atoms with Gasteiger partial charge in [-0.2, -0.15) is 5.10 Å². The van der Waals surface area contributed by atoms with Gasteiger partial charge >= 0.3 is 0 Å². The zero-order chi connectivity index (χ0) is 18.8. The Kier molecular flexibility index (Phi) is 4.77. The summed E-state index contributed by atoms with van der Waals surface area (Å²) in [4.78, 5) is 15.1. The Morgan fingerprint density at radius 2 is 1.89 bits per heavy atom. The van der Waals surface area contributed by atoms with Crippen LogP contribution in [-0.2, 0) is 0 Å². The lowest BCUT2D eigenvalue weighted by atomic mass is 10.1. The first-order valence-electron chi connectivity index (χ1n) is 9.37. The fourth-order valence-corrected chi connectivity index (χ4v) is 3.55. The largest absolute Gasteiger partial charge is 0.338 e. The van der Waals surface area contributed by atoms with E-state index in [1.54, 1.807) is 4.68 Å². The Hall–Kier alpha value is -2.92. The van der Waals surface area contributed by atoms with Gasteiger partial charge in [0.2, 0.25) is 0 Å². The lowest BCUT2D eigenvalue weighted by Crippen LogP contribution is -2.30. The normalized spacial score (nSPS) is 16.7. The van der Waals surface area contributed by atoms with Gasteiger partial charge in [-0.25, -0.2) is 4.68 Å². The topological polar surface area (TPSA) is 64.2 Å². The zero-order valence-corrected chi connectivity index (χ0v) is 15.5. The summed E-state index contributed by atoms with van der Waals surface area (Å²) in [6.07, 6.45) is 2.82. The summed E-state index contributed by atoms with van der Waals surface area (Å²) in [6.45, 7) is 4.15. The molecular formula is C22H24N4O. The van der Waals surface area contributed by atoms with Gasteiger partial charge in [0.05, 0.1) is 11.3 Å². The number of likely N-dealkylation sites (tertiary alicyclic amines) is 1. The lowest BCUT2D eigenvalue weighted by molar-refractivity contribution is 0.0788. The van der Waals surface area contributed by atoms with E-state index >= 15 is 0 Å². The number of hydrogen-bond acceptors (Lipinski definition) is 3. The first-order chi connectivity index (χ1) is 13.2. The molecule has 4 rings (SSSR count). The molecule has 1 fully saturated rings. The van der Waals surface area contributed by atoms with E-state index in [-0.39, 0.29) is 5.91 Å². The average molecular weight is 360 g/mol. The van der Waals surface area contributed by atoms with Gasteiger partial charge in [0.15, 0.2) is 0 Å². The van der Waals surface area contributed by atoms with Crippen LogP contribution in [0.5, 0.6) is 0 Å². The van der Waals surface area contributed by atoms with Gasteiger partial charge in [0.25, 0.3) is 5.91 Å². The van der Waals surface area contributed by atoms with Crippen molar-refractivity contribution in [3.63, 3.8) is 0 Å². The van der Waals surface area contributed by atoms with Crippen LogP contribution in [0.4, 0.5) is 0 Å². The minimum Gasteiger partial charge on any atom is -0.338 e. The molecule has 5 heteroatoms. The van der Waals surface area contributed by atoms with Crippen LogP contribution in [0.3, 0.4) is 0 Å². The minimum absolute atomic E-state index is 0.0307. The number of carbonyl (C=O) groups excluding carboxylic acids is 1. The molecule has 0 saturated carbocycles. The van der Waals surface area contributed by atoms with Gasteiger partial charge in [-0.15, -0.1) is 0 Å². The maximum atomic E-state index is 13.2. The van der Waals surface area contributed by atoms with Crippen molar-refractivity contribution >= 4 is 5.91 Å². The standard InChI is InChI=1S/C22H24N4O/c1-16-7-9-19(10-8-16)26-15-20(21(24-26)18-5-3-2-4-6-18)22(27)25-12-11-17(13-23)14-25/h2-10,15,17H,11-14,23H2,1H3. The summed E-state index contributed by atoms with van der Waals surface area (Å²) < 4.78 is 1.80. The summed E-state index contributed by atoms with van der Waals surface area (Å²) in [5.74, 6) is 0.421. The highest BCUT2D eigenvalue weighted by Crippen LogP contribution is 2.27. The monoisotopic (exact) mass is 360 g/mol. The van der Waals surface area contributed by atoms with Crippen LogP contribution in [-0.4, -0.2) is 40.2 Å². The lowest BCUT2D eigenvalue weighted by Gasteiger charge is -2.16. The van der Waals surface area contributed by atoms with Crippen LogP contribution < -0.4 is 5.73 Å². The molecule has 3 aromatic rings. The molecule has 2 aromatic carbocycles. The minimum atomic E-state index is 0.0307. The molecular weight excluding hydrogens is 336 g/mol. The highest BCUT2D eigenvalue weighted by Gasteiger charge is 2.29. The Morgan fingerprint density at radius 3 is 2.56 bits per heavy atom. The van der Waals surface area contributed by atoms with E-state index in [1.165, 1.54) is 5.56 Å². The highest BCUT2D eigenvalue weighted by atomic mass is 16.2. The number of benzene rings is 2. The molecule has 1 unspecified atom stereocenters. The van der Waals surface area contributed by atoms with Crippen LogP contribution in [0.1, 0.15) is 22.3 Å². The smallest absolute Gasteiger partial charge is 0.257 e. The van der Waals surface area contributed by atoms with Crippen LogP contribution in [0.2, 0.25) is 0 Å². The summed E-state index contributed by atoms with van der Waals surface area (Å²) in [5, 5.41) is 4.76. The number of hydrogen-bond donors (Lipinski definition) is 1. The van der Waals surface area contributed by atoms with E-state index in [0.717, 1.165) is 36.5 Å². The van der Waals surface area contributed by atoms with Crippen LogP contribution in [0.15, 0.2) is 60.8 Å². The Morgan fingerprint density at radius 1 is 1.15 bits per heavy atom. The maximum Gasteiger partial charge on any atom is 0.257 e. The van der Waals surface area contributed by atoms with Crippen molar-refractivity contribution in [2.75, 3.05) is 19.6 Å². The Balaban J connectivity index is 1.75. The van der Waals surface area contributed by atoms with Crippen molar-refractivity contribution in [1.29, 1.82) is 0 Å². The van der Waals surface area contributed by atoms with Crippen molar-refractivity contribution in [3.05, 3.63) is 71.9 Å². The van der Waals surface area contributed by atoms with E-state index in [1.807, 2.05) is 65.7 Å². The fraction of sp³-hybridized carbons (Fsp3) is 0.273. The number of nitrogens with two attached hydrogens (primary N) is 1. The summed E-state index contributed by atoms with van der Waals surface area (Å²) in [6, 6.07) is 18.0. The number of carbonyl (C=O) groups is 1. The molecule has 0 radical (unpaired) electrons. The summed E-state index contributed by atoms with van der Waals surface area (Å²) >= 11 is 0. The van der Waals surface area contributed by atoms with E-state index in [9.17, 15) is 4.79 Å². The number of amides is 1. The van der Waals surface area contributed by atoms with Crippen molar-refractivity contribution in [3.8, 4) is 16.9 Å². The van der Waals surface area contributed by atoms with Crippen LogP contribution >= 0.6 is 0 Å². The van der Waals surface area contributed by atoms with Crippen molar-refractivity contribution < 1.29 is 4.79 Å². The maximum absolute atomic E-state index is 13.2. The average Bonchev–Trinajstić information content (AvgIpc) is 3.36. The van der Waals surface area contributed by atoms with Gasteiger partial charge in [0, 0.05) is 24.8 Å². The van der Waals surface area contributed by atoms with Gasteiger partial charge in [0.1, 0.15) is 5.69 Å². The second kappa shape index (κ2) is 7.37. The zero-order valence-electron chi connectivity index (χ0n) is 15.5. The molecule has 0 spiro atoms. The number of aryl methyl sites for hydroxylation is 1. The third-order valence-electron chi connectivity index (χ3n) is 5.20. The predicted molar refractivity (Wildman–Crippen MR) is 107 cm³/mol. The summed E-state index contributed by atoms with van der Waals surface area (Å²) in [5.41, 5.74) is 10.2. The van der Waals surface area contributed by atoms with Crippen molar-refractivity contribution in [1.82, 2.24) is 14.7 Å². The predicted octanol–water partition coefficient (Wildman–Crippen LogP) is 3.27. The number of rotatable bonds is 4. The molecule has 1 saturated heterocycles. The van der Waals surface area contributed by atoms with Gasteiger partial charge < -0.3 is 10.6 Å². The van der Waals surface area contributed by atoms with Crippen molar-refractivity contribution in [2.45, 2.75) is 13.3 Å². The SMILES string of the molecule is Cc1ccc(-n2cc(C(=O)N3CCC(CN)C3)c(-c3ccccc3)n2)cc1. The third-order valence-corrected chi connectivity index (χ3v) is 5.20. The van der Waals surface area contributed by atoms with Crippen LogP contribution in [0.25, 0.3) is 16.9 Å². The molecule has 1 atom stereocenters. The molecule has 2 N–H and O–H groups in total. The first kappa shape index (κ1) is 17.5. The Bertz CT molecular complexity index is 931.